The Morgan fingerprint density at radius 3 is 2.67 bits per heavy atom. The van der Waals surface area contributed by atoms with E-state index in [9.17, 15) is 9.90 Å². The van der Waals surface area contributed by atoms with Gasteiger partial charge in [-0.3, -0.25) is 4.79 Å². The number of hydrogen-bond acceptors (Lipinski definition) is 4. The number of unbranched alkanes of at least 4 members (excludes halogenated alkanes) is 2. The molecule has 0 saturated carbocycles. The van der Waals surface area contributed by atoms with Crippen LogP contribution >= 0.6 is 15.9 Å². The minimum Gasteiger partial charge on any atom is -0.507 e. The van der Waals surface area contributed by atoms with Crippen molar-refractivity contribution in [2.75, 3.05) is 12.1 Å². The van der Waals surface area contributed by atoms with Crippen LogP contribution in [0.3, 0.4) is 0 Å². The van der Waals surface area contributed by atoms with E-state index in [2.05, 4.69) is 15.9 Å². The average Bonchev–Trinajstić information content (AvgIpc) is 2.80. The molecule has 0 spiro atoms. The molecule has 98 valence electrons. The SMILES string of the molecule is O=C(CCCCCBr)c1cc2c(cc1O)OCO2. The zero-order valence-electron chi connectivity index (χ0n) is 9.95. The summed E-state index contributed by atoms with van der Waals surface area (Å²) in [5.41, 5.74) is 0.318. The summed E-state index contributed by atoms with van der Waals surface area (Å²) in [4.78, 5) is 12.0. The third-order valence-electron chi connectivity index (χ3n) is 2.83. The molecule has 0 saturated heterocycles. The van der Waals surface area contributed by atoms with E-state index in [-0.39, 0.29) is 18.3 Å². The Labute approximate surface area is 114 Å². The summed E-state index contributed by atoms with van der Waals surface area (Å²) in [6, 6.07) is 3.00. The maximum Gasteiger partial charge on any atom is 0.231 e. The molecule has 1 aliphatic heterocycles. The molecule has 5 heteroatoms. The average molecular weight is 315 g/mol. The first kappa shape index (κ1) is 13.2. The van der Waals surface area contributed by atoms with Crippen LogP contribution in [0, 0.1) is 0 Å². The number of ether oxygens (including phenoxy) is 2. The number of phenolic OH excluding ortho intramolecular Hbond substituents is 1. The molecule has 1 heterocycles. The molecule has 1 aliphatic rings. The first-order valence-electron chi connectivity index (χ1n) is 5.94. The van der Waals surface area contributed by atoms with Gasteiger partial charge in [0.2, 0.25) is 6.79 Å². The number of benzene rings is 1. The first-order chi connectivity index (χ1) is 8.72. The fourth-order valence-electron chi connectivity index (χ4n) is 1.85. The summed E-state index contributed by atoms with van der Waals surface area (Å²) < 4.78 is 10.3. The molecule has 2 rings (SSSR count). The lowest BCUT2D eigenvalue weighted by atomic mass is 10.0. The van der Waals surface area contributed by atoms with Gasteiger partial charge in [0.1, 0.15) is 5.75 Å². The molecule has 0 bridgehead atoms. The monoisotopic (exact) mass is 314 g/mol. The van der Waals surface area contributed by atoms with Crippen LogP contribution in [-0.2, 0) is 0 Å². The van der Waals surface area contributed by atoms with Gasteiger partial charge >= 0.3 is 0 Å². The third-order valence-corrected chi connectivity index (χ3v) is 3.39. The molecular formula is C13H15BrO4. The van der Waals surface area contributed by atoms with Crippen LogP contribution in [0.4, 0.5) is 0 Å². The molecule has 18 heavy (non-hydrogen) atoms. The Morgan fingerprint density at radius 2 is 1.94 bits per heavy atom. The van der Waals surface area contributed by atoms with E-state index in [4.69, 9.17) is 9.47 Å². The van der Waals surface area contributed by atoms with Gasteiger partial charge in [0.15, 0.2) is 17.3 Å². The predicted molar refractivity (Wildman–Crippen MR) is 70.8 cm³/mol. The topological polar surface area (TPSA) is 55.8 Å². The van der Waals surface area contributed by atoms with Gasteiger partial charge in [-0.25, -0.2) is 0 Å². The van der Waals surface area contributed by atoms with Crippen molar-refractivity contribution >= 4 is 21.7 Å². The minimum absolute atomic E-state index is 0.0373. The van der Waals surface area contributed by atoms with Gasteiger partial charge in [-0.15, -0.1) is 0 Å². The number of rotatable bonds is 6. The standard InChI is InChI=1S/C13H15BrO4/c14-5-3-1-2-4-10(15)9-6-12-13(7-11(9)16)18-8-17-12/h6-7,16H,1-5,8H2. The van der Waals surface area contributed by atoms with Crippen molar-refractivity contribution in [1.82, 2.24) is 0 Å². The molecular weight excluding hydrogens is 300 g/mol. The molecule has 0 unspecified atom stereocenters. The van der Waals surface area contributed by atoms with Gasteiger partial charge in [-0.05, 0) is 18.9 Å². The van der Waals surface area contributed by atoms with E-state index < -0.39 is 0 Å². The van der Waals surface area contributed by atoms with Crippen molar-refractivity contribution in [3.63, 3.8) is 0 Å². The van der Waals surface area contributed by atoms with Crippen molar-refractivity contribution < 1.29 is 19.4 Å². The van der Waals surface area contributed by atoms with Crippen LogP contribution < -0.4 is 9.47 Å². The van der Waals surface area contributed by atoms with Crippen LogP contribution in [0.2, 0.25) is 0 Å². The largest absolute Gasteiger partial charge is 0.507 e. The molecule has 0 amide bonds. The summed E-state index contributed by atoms with van der Waals surface area (Å²) in [6.07, 6.45) is 3.33. The number of phenols is 1. The second-order valence-corrected chi connectivity index (χ2v) is 4.94. The lowest BCUT2D eigenvalue weighted by Crippen LogP contribution is -2.00. The first-order valence-corrected chi connectivity index (χ1v) is 7.06. The number of hydrogen-bond donors (Lipinski definition) is 1. The van der Waals surface area contributed by atoms with Crippen LogP contribution in [0.25, 0.3) is 0 Å². The van der Waals surface area contributed by atoms with E-state index >= 15 is 0 Å². The molecule has 0 aliphatic carbocycles. The van der Waals surface area contributed by atoms with E-state index in [0.29, 0.717) is 23.5 Å². The highest BCUT2D eigenvalue weighted by atomic mass is 79.9. The molecule has 1 aromatic rings. The lowest BCUT2D eigenvalue weighted by molar-refractivity contribution is 0.0976. The fourth-order valence-corrected chi connectivity index (χ4v) is 2.24. The maximum absolute atomic E-state index is 12.0. The minimum atomic E-state index is -0.0552. The number of alkyl halides is 1. The van der Waals surface area contributed by atoms with Crippen molar-refractivity contribution in [3.8, 4) is 17.2 Å². The van der Waals surface area contributed by atoms with Crippen LogP contribution in [0.1, 0.15) is 36.0 Å². The Balaban J connectivity index is 2.02. The molecule has 0 radical (unpaired) electrons. The molecule has 0 fully saturated rings. The van der Waals surface area contributed by atoms with Crippen molar-refractivity contribution in [2.45, 2.75) is 25.7 Å². The highest BCUT2D eigenvalue weighted by molar-refractivity contribution is 9.09. The quantitative estimate of drug-likeness (QED) is 0.497. The van der Waals surface area contributed by atoms with Crippen molar-refractivity contribution in [3.05, 3.63) is 17.7 Å². The summed E-state index contributed by atoms with van der Waals surface area (Å²) in [5.74, 6) is 0.921. The molecule has 4 nitrogen and oxygen atoms in total. The van der Waals surface area contributed by atoms with Gasteiger partial charge in [-0.1, -0.05) is 22.4 Å². The highest BCUT2D eigenvalue weighted by Gasteiger charge is 2.20. The Kier molecular flexibility index (Phi) is 4.47. The summed E-state index contributed by atoms with van der Waals surface area (Å²) >= 11 is 3.35. The van der Waals surface area contributed by atoms with Crippen LogP contribution in [-0.4, -0.2) is 23.0 Å². The molecule has 1 aromatic carbocycles. The maximum atomic E-state index is 12.0. The van der Waals surface area contributed by atoms with E-state index in [1.807, 2.05) is 0 Å². The summed E-state index contributed by atoms with van der Waals surface area (Å²) in [5, 5.41) is 10.7. The van der Waals surface area contributed by atoms with Crippen molar-refractivity contribution in [1.29, 1.82) is 0 Å². The van der Waals surface area contributed by atoms with Gasteiger partial charge in [0.05, 0.1) is 5.56 Å². The van der Waals surface area contributed by atoms with E-state index in [1.54, 1.807) is 6.07 Å². The normalized spacial score (nSPS) is 12.7. The third kappa shape index (κ3) is 2.96. The van der Waals surface area contributed by atoms with Gasteiger partial charge < -0.3 is 14.6 Å². The van der Waals surface area contributed by atoms with Crippen LogP contribution in [0.15, 0.2) is 12.1 Å². The second kappa shape index (κ2) is 6.09. The number of ketones is 1. The lowest BCUT2D eigenvalue weighted by Gasteiger charge is -2.05. The Morgan fingerprint density at radius 1 is 1.22 bits per heavy atom. The number of halogens is 1. The second-order valence-electron chi connectivity index (χ2n) is 4.15. The zero-order chi connectivity index (χ0) is 13.0. The molecule has 0 atom stereocenters. The van der Waals surface area contributed by atoms with Crippen LogP contribution in [0.5, 0.6) is 17.2 Å². The predicted octanol–water partition coefficient (Wildman–Crippen LogP) is 3.26. The van der Waals surface area contributed by atoms with Crippen molar-refractivity contribution in [2.24, 2.45) is 0 Å². The number of aromatic hydroxyl groups is 1. The summed E-state index contributed by atoms with van der Waals surface area (Å²) in [6.45, 7) is 0.137. The fraction of sp³-hybridized carbons (Fsp3) is 0.462. The Hall–Kier alpha value is -1.23. The summed E-state index contributed by atoms with van der Waals surface area (Å²) in [7, 11) is 0. The number of Topliss-reactive ketones (excluding diaryl/α,β-unsaturated/α-hetero) is 1. The van der Waals surface area contributed by atoms with E-state index in [1.165, 1.54) is 6.07 Å². The Bertz CT molecular complexity index is 445. The number of fused-ring (bicyclic) bond motifs is 1. The molecule has 1 N–H and O–H groups in total. The number of carbonyl (C=O) groups excluding carboxylic acids is 1. The highest BCUT2D eigenvalue weighted by Crippen LogP contribution is 2.38. The zero-order valence-corrected chi connectivity index (χ0v) is 11.5. The van der Waals surface area contributed by atoms with Gasteiger partial charge in [0.25, 0.3) is 0 Å². The number of carbonyl (C=O) groups is 1. The molecule has 0 aromatic heterocycles. The van der Waals surface area contributed by atoms with Gasteiger partial charge in [0, 0.05) is 17.8 Å². The smallest absolute Gasteiger partial charge is 0.231 e. The van der Waals surface area contributed by atoms with Gasteiger partial charge in [-0.2, -0.15) is 0 Å². The van der Waals surface area contributed by atoms with E-state index in [0.717, 1.165) is 24.6 Å².